The Hall–Kier alpha value is -0.400. The summed E-state index contributed by atoms with van der Waals surface area (Å²) in [4.78, 5) is 11.0. The first-order chi connectivity index (χ1) is 5.65. The fourth-order valence-electron chi connectivity index (χ4n) is 0.820. The third-order valence-electron chi connectivity index (χ3n) is 1.44. The van der Waals surface area contributed by atoms with Crippen LogP contribution in [0.1, 0.15) is 10.4 Å². The minimum atomic E-state index is -0.0548. The van der Waals surface area contributed by atoms with Gasteiger partial charge < -0.3 is 4.74 Å². The summed E-state index contributed by atoms with van der Waals surface area (Å²) in [6.07, 6.45) is 0. The Morgan fingerprint density at radius 1 is 1.58 bits per heavy atom. The van der Waals surface area contributed by atoms with Gasteiger partial charge >= 0.3 is 0 Å². The SMILES string of the molecule is COc1ccc(Br)c(C(=O)P)c1. The Balaban J connectivity index is 3.17. The highest BCUT2D eigenvalue weighted by atomic mass is 79.9. The summed E-state index contributed by atoms with van der Waals surface area (Å²) in [6, 6.07) is 5.27. The summed E-state index contributed by atoms with van der Waals surface area (Å²) >= 11 is 3.27. The third kappa shape index (κ3) is 2.05. The second-order valence-corrected chi connectivity index (χ2v) is 3.59. The lowest BCUT2D eigenvalue weighted by Crippen LogP contribution is -1.91. The lowest BCUT2D eigenvalue weighted by atomic mass is 10.2. The zero-order chi connectivity index (χ0) is 9.14. The molecule has 0 aliphatic heterocycles. The van der Waals surface area contributed by atoms with E-state index >= 15 is 0 Å². The van der Waals surface area contributed by atoms with E-state index in [4.69, 9.17) is 4.74 Å². The molecule has 64 valence electrons. The van der Waals surface area contributed by atoms with E-state index in [1.165, 1.54) is 0 Å². The number of carbonyl (C=O) groups is 1. The maximum atomic E-state index is 11.0. The molecule has 0 heterocycles. The van der Waals surface area contributed by atoms with Gasteiger partial charge in [-0.15, -0.1) is 0 Å². The molecule has 1 rings (SSSR count). The summed E-state index contributed by atoms with van der Waals surface area (Å²) in [5, 5.41) is 0. The fourth-order valence-corrected chi connectivity index (χ4v) is 1.71. The van der Waals surface area contributed by atoms with E-state index in [9.17, 15) is 4.79 Å². The molecule has 1 aromatic carbocycles. The van der Waals surface area contributed by atoms with Gasteiger partial charge in [-0.05, 0) is 18.2 Å². The van der Waals surface area contributed by atoms with Crippen molar-refractivity contribution in [3.05, 3.63) is 28.2 Å². The normalized spacial score (nSPS) is 9.58. The first-order valence-corrected chi connectivity index (χ1v) is 4.65. The van der Waals surface area contributed by atoms with E-state index in [1.807, 2.05) is 0 Å². The highest BCUT2D eigenvalue weighted by molar-refractivity contribution is 9.10. The van der Waals surface area contributed by atoms with Crippen LogP contribution in [-0.2, 0) is 0 Å². The number of benzene rings is 1. The summed E-state index contributed by atoms with van der Waals surface area (Å²) in [5.74, 6) is 0.684. The zero-order valence-corrected chi connectivity index (χ0v) is 9.24. The molecule has 12 heavy (non-hydrogen) atoms. The van der Waals surface area contributed by atoms with Crippen LogP contribution in [0.2, 0.25) is 0 Å². The molecule has 0 aromatic heterocycles. The van der Waals surface area contributed by atoms with E-state index < -0.39 is 0 Å². The first kappa shape index (κ1) is 9.69. The number of methoxy groups -OCH3 is 1. The molecule has 1 unspecified atom stereocenters. The number of carbonyl (C=O) groups excluding carboxylic acids is 1. The molecule has 1 aromatic rings. The van der Waals surface area contributed by atoms with Crippen molar-refractivity contribution >= 4 is 30.7 Å². The van der Waals surface area contributed by atoms with Crippen molar-refractivity contribution in [1.29, 1.82) is 0 Å². The molecule has 0 saturated heterocycles. The molecular weight excluding hydrogens is 239 g/mol. The maximum Gasteiger partial charge on any atom is 0.179 e. The van der Waals surface area contributed by atoms with Crippen LogP contribution in [0, 0.1) is 0 Å². The van der Waals surface area contributed by atoms with Gasteiger partial charge in [0.1, 0.15) is 5.75 Å². The van der Waals surface area contributed by atoms with E-state index in [2.05, 4.69) is 25.2 Å². The molecule has 0 saturated carbocycles. The van der Waals surface area contributed by atoms with Gasteiger partial charge in [-0.25, -0.2) is 0 Å². The van der Waals surface area contributed by atoms with Crippen LogP contribution in [0.4, 0.5) is 0 Å². The molecule has 0 aliphatic carbocycles. The van der Waals surface area contributed by atoms with Crippen molar-refractivity contribution in [2.75, 3.05) is 7.11 Å². The quantitative estimate of drug-likeness (QED) is 0.750. The van der Waals surface area contributed by atoms with Gasteiger partial charge in [-0.2, -0.15) is 0 Å². The predicted octanol–water partition coefficient (Wildman–Crippen LogP) is 2.47. The topological polar surface area (TPSA) is 26.3 Å². The number of hydrogen-bond acceptors (Lipinski definition) is 2. The van der Waals surface area contributed by atoms with Crippen molar-refractivity contribution in [2.24, 2.45) is 0 Å². The van der Waals surface area contributed by atoms with Crippen molar-refractivity contribution < 1.29 is 9.53 Å². The Morgan fingerprint density at radius 2 is 2.25 bits per heavy atom. The standard InChI is InChI=1S/C8H8BrO2P/c1-11-5-2-3-7(9)6(4-5)8(10)12/h2-4H,12H2,1H3. The lowest BCUT2D eigenvalue weighted by molar-refractivity contribution is 0.108. The monoisotopic (exact) mass is 246 g/mol. The summed E-state index contributed by atoms with van der Waals surface area (Å²) < 4.78 is 5.76. The largest absolute Gasteiger partial charge is 0.497 e. The molecule has 0 amide bonds. The third-order valence-corrected chi connectivity index (χ3v) is 2.44. The maximum absolute atomic E-state index is 11.0. The lowest BCUT2D eigenvalue weighted by Gasteiger charge is -2.03. The van der Waals surface area contributed by atoms with Crippen LogP contribution in [0.25, 0.3) is 0 Å². The van der Waals surface area contributed by atoms with Crippen LogP contribution in [0.5, 0.6) is 5.75 Å². The minimum Gasteiger partial charge on any atom is -0.497 e. The van der Waals surface area contributed by atoms with Crippen molar-refractivity contribution in [3.8, 4) is 5.75 Å². The van der Waals surface area contributed by atoms with E-state index in [1.54, 1.807) is 25.3 Å². The average molecular weight is 247 g/mol. The van der Waals surface area contributed by atoms with Crippen LogP contribution in [0.15, 0.2) is 22.7 Å². The highest BCUT2D eigenvalue weighted by Crippen LogP contribution is 2.24. The van der Waals surface area contributed by atoms with Crippen molar-refractivity contribution in [3.63, 3.8) is 0 Å². The Labute approximate surface area is 81.6 Å². The highest BCUT2D eigenvalue weighted by Gasteiger charge is 2.05. The van der Waals surface area contributed by atoms with Gasteiger partial charge in [0.25, 0.3) is 0 Å². The number of ether oxygens (including phenoxy) is 1. The summed E-state index contributed by atoms with van der Waals surface area (Å²) in [6.45, 7) is 0. The molecule has 2 nitrogen and oxygen atoms in total. The molecular formula is C8H8BrO2P. The number of halogens is 1. The van der Waals surface area contributed by atoms with Gasteiger partial charge in [-0.3, -0.25) is 4.79 Å². The van der Waals surface area contributed by atoms with Gasteiger partial charge in [0.05, 0.1) is 7.11 Å². The molecule has 0 N–H and O–H groups in total. The molecule has 0 aliphatic rings. The molecule has 4 heteroatoms. The molecule has 0 radical (unpaired) electrons. The van der Waals surface area contributed by atoms with Gasteiger partial charge in [-0.1, -0.05) is 25.2 Å². The summed E-state index contributed by atoms with van der Waals surface area (Å²) in [7, 11) is 3.69. The van der Waals surface area contributed by atoms with Crippen molar-refractivity contribution in [2.45, 2.75) is 0 Å². The van der Waals surface area contributed by atoms with Crippen LogP contribution < -0.4 is 4.74 Å². The second-order valence-electron chi connectivity index (χ2n) is 2.21. The molecule has 0 bridgehead atoms. The zero-order valence-electron chi connectivity index (χ0n) is 6.50. The smallest absolute Gasteiger partial charge is 0.179 e. The molecule has 1 atom stereocenters. The second kappa shape index (κ2) is 4.01. The van der Waals surface area contributed by atoms with E-state index in [-0.39, 0.29) is 5.52 Å². The van der Waals surface area contributed by atoms with Gasteiger partial charge in [0.2, 0.25) is 0 Å². The summed E-state index contributed by atoms with van der Waals surface area (Å²) in [5.41, 5.74) is 0.556. The predicted molar refractivity (Wildman–Crippen MR) is 54.7 cm³/mol. The molecule has 0 spiro atoms. The fraction of sp³-hybridized carbons (Fsp3) is 0.125. The number of hydrogen-bond donors (Lipinski definition) is 0. The molecule has 0 fully saturated rings. The Kier molecular flexibility index (Phi) is 3.24. The van der Waals surface area contributed by atoms with Gasteiger partial charge in [0.15, 0.2) is 5.52 Å². The van der Waals surface area contributed by atoms with Crippen LogP contribution >= 0.6 is 25.2 Å². The van der Waals surface area contributed by atoms with Crippen molar-refractivity contribution in [1.82, 2.24) is 0 Å². The van der Waals surface area contributed by atoms with Gasteiger partial charge in [0, 0.05) is 10.0 Å². The Bertz CT molecular complexity index is 312. The van der Waals surface area contributed by atoms with Crippen LogP contribution in [-0.4, -0.2) is 12.6 Å². The first-order valence-electron chi connectivity index (χ1n) is 3.28. The van der Waals surface area contributed by atoms with E-state index in [0.29, 0.717) is 11.3 Å². The number of rotatable bonds is 2. The Morgan fingerprint density at radius 3 is 2.75 bits per heavy atom. The van der Waals surface area contributed by atoms with E-state index in [0.717, 1.165) is 4.47 Å². The minimum absolute atomic E-state index is 0.0548. The van der Waals surface area contributed by atoms with Crippen LogP contribution in [0.3, 0.4) is 0 Å². The average Bonchev–Trinajstić information content (AvgIpc) is 2.05.